The van der Waals surface area contributed by atoms with Gasteiger partial charge in [0.05, 0.1) is 20.6 Å². The number of hydrogen-bond donors (Lipinski definition) is 1. The molecule has 100 valence electrons. The summed E-state index contributed by atoms with van der Waals surface area (Å²) in [6.07, 6.45) is -0.0794. The Balaban J connectivity index is 3.37. The summed E-state index contributed by atoms with van der Waals surface area (Å²) in [5.74, 6) is 0.390. The molecule has 0 amide bonds. The molecule has 1 rings (SSSR count). The second kappa shape index (κ2) is 5.29. The molecule has 0 aliphatic rings. The van der Waals surface area contributed by atoms with E-state index in [-0.39, 0.29) is 11.8 Å². The molecule has 0 saturated heterocycles. The molecule has 4 nitrogen and oxygen atoms in total. The van der Waals surface area contributed by atoms with Crippen LogP contribution in [0.5, 0.6) is 11.5 Å². The predicted molar refractivity (Wildman–Crippen MR) is 69.6 cm³/mol. The molecule has 0 saturated carbocycles. The van der Waals surface area contributed by atoms with Crippen molar-refractivity contribution in [3.63, 3.8) is 0 Å². The lowest BCUT2D eigenvalue weighted by Crippen LogP contribution is -2.14. The third kappa shape index (κ3) is 3.15. The maximum absolute atomic E-state index is 10.8. The highest BCUT2D eigenvalue weighted by Crippen LogP contribution is 2.36. The summed E-state index contributed by atoms with van der Waals surface area (Å²) in [4.78, 5) is 10.8. The Kier molecular flexibility index (Phi) is 4.22. The van der Waals surface area contributed by atoms with E-state index in [1.807, 2.05) is 6.07 Å². The van der Waals surface area contributed by atoms with Crippen LogP contribution in [0.1, 0.15) is 31.9 Å². The van der Waals surface area contributed by atoms with E-state index in [0.717, 1.165) is 5.56 Å². The molecule has 0 aliphatic carbocycles. The van der Waals surface area contributed by atoms with E-state index in [9.17, 15) is 4.79 Å². The molecule has 1 aromatic carbocycles. The van der Waals surface area contributed by atoms with E-state index in [2.05, 4.69) is 20.8 Å². The molecule has 1 N–H and O–H groups in total. The highest BCUT2D eigenvalue weighted by Gasteiger charge is 2.22. The molecule has 18 heavy (non-hydrogen) atoms. The lowest BCUT2D eigenvalue weighted by molar-refractivity contribution is -0.136. The minimum absolute atomic E-state index is 0.0794. The maximum atomic E-state index is 10.8. The molecule has 0 fully saturated rings. The van der Waals surface area contributed by atoms with Crippen molar-refractivity contribution in [1.29, 1.82) is 0 Å². The van der Waals surface area contributed by atoms with Crippen LogP contribution in [0.15, 0.2) is 12.1 Å². The molecule has 1 aromatic rings. The Morgan fingerprint density at radius 3 is 2.11 bits per heavy atom. The number of carboxylic acid groups (broad SMARTS) is 1. The molecule has 0 heterocycles. The van der Waals surface area contributed by atoms with Crippen molar-refractivity contribution in [3.05, 3.63) is 23.3 Å². The Morgan fingerprint density at radius 2 is 1.72 bits per heavy atom. The fourth-order valence-electron chi connectivity index (χ4n) is 1.85. The summed E-state index contributed by atoms with van der Waals surface area (Å²) in [5.41, 5.74) is 1.52. The largest absolute Gasteiger partial charge is 0.496 e. The van der Waals surface area contributed by atoms with Gasteiger partial charge in [-0.2, -0.15) is 0 Å². The van der Waals surface area contributed by atoms with Gasteiger partial charge >= 0.3 is 5.97 Å². The van der Waals surface area contributed by atoms with Gasteiger partial charge in [0.25, 0.3) is 0 Å². The first-order valence-electron chi connectivity index (χ1n) is 5.76. The van der Waals surface area contributed by atoms with Crippen molar-refractivity contribution in [1.82, 2.24) is 0 Å². The van der Waals surface area contributed by atoms with Gasteiger partial charge in [0.15, 0.2) is 0 Å². The maximum Gasteiger partial charge on any atom is 0.307 e. The molecular weight excluding hydrogens is 232 g/mol. The van der Waals surface area contributed by atoms with E-state index < -0.39 is 5.97 Å². The number of carbonyl (C=O) groups is 1. The van der Waals surface area contributed by atoms with Crippen LogP contribution in [0, 0.1) is 0 Å². The smallest absolute Gasteiger partial charge is 0.307 e. The lowest BCUT2D eigenvalue weighted by atomic mass is 9.85. The summed E-state index contributed by atoms with van der Waals surface area (Å²) in [5, 5.41) is 8.88. The van der Waals surface area contributed by atoms with Crippen LogP contribution < -0.4 is 9.47 Å². The van der Waals surface area contributed by atoms with Crippen LogP contribution >= 0.6 is 0 Å². The fraction of sp³-hybridized carbons (Fsp3) is 0.500. The number of ether oxygens (including phenoxy) is 2. The van der Waals surface area contributed by atoms with Gasteiger partial charge in [-0.25, -0.2) is 0 Å². The molecule has 0 radical (unpaired) electrons. The van der Waals surface area contributed by atoms with Crippen LogP contribution in [0.25, 0.3) is 0 Å². The van der Waals surface area contributed by atoms with Crippen molar-refractivity contribution in [2.24, 2.45) is 0 Å². The summed E-state index contributed by atoms with van der Waals surface area (Å²) in [7, 11) is 3.13. The Bertz CT molecular complexity index is 444. The second-order valence-corrected chi connectivity index (χ2v) is 5.18. The zero-order valence-electron chi connectivity index (χ0n) is 11.5. The van der Waals surface area contributed by atoms with Gasteiger partial charge in [-0.15, -0.1) is 0 Å². The van der Waals surface area contributed by atoms with Gasteiger partial charge in [0, 0.05) is 11.1 Å². The Morgan fingerprint density at radius 1 is 1.17 bits per heavy atom. The minimum Gasteiger partial charge on any atom is -0.496 e. The molecule has 4 heteroatoms. The van der Waals surface area contributed by atoms with E-state index >= 15 is 0 Å². The Hall–Kier alpha value is -1.71. The molecule has 0 aliphatic heterocycles. The van der Waals surface area contributed by atoms with Gasteiger partial charge in [0.2, 0.25) is 0 Å². The summed E-state index contributed by atoms with van der Waals surface area (Å²) in [6, 6.07) is 3.60. The highest BCUT2D eigenvalue weighted by molar-refractivity contribution is 5.72. The molecule has 0 atom stereocenters. The standard InChI is InChI=1S/C14H20O4/c1-14(2,3)10-8-11(17-4)9(7-13(15)16)6-12(10)18-5/h6,8H,7H2,1-5H3,(H,15,16). The van der Waals surface area contributed by atoms with Gasteiger partial charge in [-0.05, 0) is 17.5 Å². The zero-order valence-corrected chi connectivity index (χ0v) is 11.5. The number of rotatable bonds is 4. The van der Waals surface area contributed by atoms with E-state index in [1.54, 1.807) is 20.3 Å². The third-order valence-corrected chi connectivity index (χ3v) is 2.75. The SMILES string of the molecule is COc1cc(C(C)(C)C)c(OC)cc1CC(=O)O. The summed E-state index contributed by atoms with van der Waals surface area (Å²) >= 11 is 0. The minimum atomic E-state index is -0.890. The first kappa shape index (κ1) is 14.4. The highest BCUT2D eigenvalue weighted by atomic mass is 16.5. The summed E-state index contributed by atoms with van der Waals surface area (Å²) < 4.78 is 10.6. The van der Waals surface area contributed by atoms with Crippen LogP contribution in [0.2, 0.25) is 0 Å². The quantitative estimate of drug-likeness (QED) is 0.895. The van der Waals surface area contributed by atoms with Crippen LogP contribution in [0.3, 0.4) is 0 Å². The number of aliphatic carboxylic acids is 1. The number of benzene rings is 1. The Labute approximate surface area is 108 Å². The topological polar surface area (TPSA) is 55.8 Å². The van der Waals surface area contributed by atoms with Gasteiger partial charge in [-0.1, -0.05) is 20.8 Å². The van der Waals surface area contributed by atoms with E-state index in [4.69, 9.17) is 14.6 Å². The summed E-state index contributed by atoms with van der Waals surface area (Å²) in [6.45, 7) is 6.21. The van der Waals surface area contributed by atoms with E-state index in [1.165, 1.54) is 0 Å². The molecule has 0 aromatic heterocycles. The first-order chi connectivity index (χ1) is 8.29. The van der Waals surface area contributed by atoms with E-state index in [0.29, 0.717) is 17.1 Å². The molecule has 0 spiro atoms. The van der Waals surface area contributed by atoms with Crippen LogP contribution in [-0.2, 0) is 16.6 Å². The third-order valence-electron chi connectivity index (χ3n) is 2.75. The number of methoxy groups -OCH3 is 2. The van der Waals surface area contributed by atoms with Gasteiger partial charge in [-0.3, -0.25) is 4.79 Å². The van der Waals surface area contributed by atoms with Crippen molar-refractivity contribution in [3.8, 4) is 11.5 Å². The van der Waals surface area contributed by atoms with Crippen molar-refractivity contribution in [2.45, 2.75) is 32.6 Å². The number of hydrogen-bond acceptors (Lipinski definition) is 3. The van der Waals surface area contributed by atoms with Gasteiger partial charge < -0.3 is 14.6 Å². The van der Waals surface area contributed by atoms with Crippen molar-refractivity contribution >= 4 is 5.97 Å². The monoisotopic (exact) mass is 252 g/mol. The lowest BCUT2D eigenvalue weighted by Gasteiger charge is -2.24. The molecule has 0 unspecified atom stereocenters. The average Bonchev–Trinajstić information content (AvgIpc) is 2.26. The second-order valence-electron chi connectivity index (χ2n) is 5.18. The van der Waals surface area contributed by atoms with Crippen molar-refractivity contribution in [2.75, 3.05) is 14.2 Å². The predicted octanol–water partition coefficient (Wildman–Crippen LogP) is 2.63. The van der Waals surface area contributed by atoms with Crippen LogP contribution in [-0.4, -0.2) is 25.3 Å². The molecular formula is C14H20O4. The average molecular weight is 252 g/mol. The first-order valence-corrected chi connectivity index (χ1v) is 5.76. The molecule has 0 bridgehead atoms. The fourth-order valence-corrected chi connectivity index (χ4v) is 1.85. The van der Waals surface area contributed by atoms with Gasteiger partial charge in [0.1, 0.15) is 11.5 Å². The van der Waals surface area contributed by atoms with Crippen molar-refractivity contribution < 1.29 is 19.4 Å². The zero-order chi connectivity index (χ0) is 13.9. The van der Waals surface area contributed by atoms with Crippen LogP contribution in [0.4, 0.5) is 0 Å². The normalized spacial score (nSPS) is 11.2. The number of carboxylic acids is 1.